The smallest absolute Gasteiger partial charge is 0.251 e. The molecule has 1 aromatic heterocycles. The second-order valence-electron chi connectivity index (χ2n) is 7.25. The number of hydrogen-bond donors (Lipinski definition) is 1. The largest absolute Gasteiger partial charge is 0.439 e. The minimum absolute atomic E-state index is 0.160. The van der Waals surface area contributed by atoms with Gasteiger partial charge in [-0.1, -0.05) is 42.0 Å². The quantitative estimate of drug-likeness (QED) is 0.362. The molecule has 0 saturated heterocycles. The number of nitrogens with one attached hydrogen (secondary N) is 1. The standard InChI is InChI=1S/C26H23N3O2S/c1-18-5-3-6-20(15-18)25-27-14-13-24(29-25)31-22-8-4-7-21(16-22)26(30)28-17-19-9-11-23(32-2)12-10-19/h3-16H,17H2,1-2H3,(H,28,30). The fourth-order valence-corrected chi connectivity index (χ4v) is 3.58. The SMILES string of the molecule is CSc1ccc(CNC(=O)c2cccc(Oc3ccnc(-c4cccc(C)c4)n3)c2)cc1. The van der Waals surface area contributed by atoms with E-state index in [0.29, 0.717) is 29.6 Å². The summed E-state index contributed by atoms with van der Waals surface area (Å²) >= 11 is 1.69. The maximum Gasteiger partial charge on any atom is 0.251 e. The summed E-state index contributed by atoms with van der Waals surface area (Å²) in [4.78, 5) is 22.7. The Bertz CT molecular complexity index is 1230. The van der Waals surface area contributed by atoms with Crippen LogP contribution in [0.2, 0.25) is 0 Å². The van der Waals surface area contributed by atoms with E-state index < -0.39 is 0 Å². The molecule has 0 fully saturated rings. The van der Waals surface area contributed by atoms with Crippen molar-refractivity contribution in [1.29, 1.82) is 0 Å². The van der Waals surface area contributed by atoms with E-state index in [0.717, 1.165) is 16.7 Å². The number of amides is 1. The Hall–Kier alpha value is -3.64. The van der Waals surface area contributed by atoms with E-state index in [1.807, 2.05) is 61.7 Å². The van der Waals surface area contributed by atoms with Crippen LogP contribution < -0.4 is 10.1 Å². The Kier molecular flexibility index (Phi) is 6.82. The predicted molar refractivity (Wildman–Crippen MR) is 128 cm³/mol. The van der Waals surface area contributed by atoms with Crippen LogP contribution in [-0.4, -0.2) is 22.1 Å². The molecule has 6 heteroatoms. The molecule has 0 aliphatic carbocycles. The van der Waals surface area contributed by atoms with Crippen LogP contribution in [0, 0.1) is 6.92 Å². The molecule has 0 saturated carbocycles. The zero-order valence-corrected chi connectivity index (χ0v) is 18.7. The first kappa shape index (κ1) is 21.6. The lowest BCUT2D eigenvalue weighted by molar-refractivity contribution is 0.0950. The number of ether oxygens (including phenoxy) is 1. The third-order valence-corrected chi connectivity index (χ3v) is 5.58. The first-order chi connectivity index (χ1) is 15.6. The molecule has 160 valence electrons. The molecule has 4 aromatic rings. The average Bonchev–Trinajstić information content (AvgIpc) is 2.83. The van der Waals surface area contributed by atoms with E-state index in [1.54, 1.807) is 48.3 Å². The van der Waals surface area contributed by atoms with Crippen molar-refractivity contribution in [2.75, 3.05) is 6.26 Å². The zero-order chi connectivity index (χ0) is 22.3. The molecule has 0 radical (unpaired) electrons. The summed E-state index contributed by atoms with van der Waals surface area (Å²) in [6, 6.07) is 24.9. The first-order valence-electron chi connectivity index (χ1n) is 10.2. The molecule has 0 aliphatic heterocycles. The Morgan fingerprint density at radius 1 is 1.00 bits per heavy atom. The van der Waals surface area contributed by atoms with Crippen LogP contribution >= 0.6 is 11.8 Å². The molecular weight excluding hydrogens is 418 g/mol. The van der Waals surface area contributed by atoms with Crippen LogP contribution in [0.25, 0.3) is 11.4 Å². The molecule has 0 bridgehead atoms. The number of nitrogens with zero attached hydrogens (tertiary/aromatic N) is 2. The lowest BCUT2D eigenvalue weighted by Crippen LogP contribution is -2.22. The molecule has 1 heterocycles. The highest BCUT2D eigenvalue weighted by molar-refractivity contribution is 7.98. The van der Waals surface area contributed by atoms with Gasteiger partial charge in [0.05, 0.1) is 0 Å². The zero-order valence-electron chi connectivity index (χ0n) is 17.9. The van der Waals surface area contributed by atoms with Gasteiger partial charge < -0.3 is 10.1 Å². The number of aryl methyl sites for hydroxylation is 1. The van der Waals surface area contributed by atoms with Crippen LogP contribution in [0.1, 0.15) is 21.5 Å². The van der Waals surface area contributed by atoms with Gasteiger partial charge in [0.25, 0.3) is 5.91 Å². The van der Waals surface area contributed by atoms with Crippen molar-refractivity contribution in [3.05, 3.63) is 102 Å². The molecular formula is C26H23N3O2S. The van der Waals surface area contributed by atoms with Gasteiger partial charge in [-0.3, -0.25) is 4.79 Å². The Labute approximate surface area is 191 Å². The Balaban J connectivity index is 1.43. The summed E-state index contributed by atoms with van der Waals surface area (Å²) in [5, 5.41) is 2.95. The van der Waals surface area contributed by atoms with Crippen molar-refractivity contribution in [1.82, 2.24) is 15.3 Å². The molecule has 0 unspecified atom stereocenters. The maximum absolute atomic E-state index is 12.6. The third-order valence-electron chi connectivity index (χ3n) is 4.84. The second kappa shape index (κ2) is 10.1. The number of benzene rings is 3. The first-order valence-corrected chi connectivity index (χ1v) is 11.4. The summed E-state index contributed by atoms with van der Waals surface area (Å²) < 4.78 is 5.92. The molecule has 1 N–H and O–H groups in total. The van der Waals surface area contributed by atoms with Gasteiger partial charge in [-0.15, -0.1) is 11.8 Å². The molecule has 1 amide bonds. The second-order valence-corrected chi connectivity index (χ2v) is 8.13. The van der Waals surface area contributed by atoms with E-state index in [-0.39, 0.29) is 5.91 Å². The van der Waals surface area contributed by atoms with E-state index in [2.05, 4.69) is 15.3 Å². The van der Waals surface area contributed by atoms with Crippen LogP contribution in [0.5, 0.6) is 11.6 Å². The van der Waals surface area contributed by atoms with Crippen LogP contribution in [0.4, 0.5) is 0 Å². The number of thioether (sulfide) groups is 1. The fraction of sp³-hybridized carbons (Fsp3) is 0.115. The minimum atomic E-state index is -0.160. The van der Waals surface area contributed by atoms with E-state index >= 15 is 0 Å². The summed E-state index contributed by atoms with van der Waals surface area (Å²) in [7, 11) is 0. The van der Waals surface area contributed by atoms with Crippen molar-refractivity contribution >= 4 is 17.7 Å². The fourth-order valence-electron chi connectivity index (χ4n) is 3.17. The van der Waals surface area contributed by atoms with Crippen LogP contribution in [-0.2, 0) is 6.54 Å². The predicted octanol–water partition coefficient (Wildman–Crippen LogP) is 5.90. The topological polar surface area (TPSA) is 64.1 Å². The lowest BCUT2D eigenvalue weighted by Gasteiger charge is -2.09. The highest BCUT2D eigenvalue weighted by Crippen LogP contribution is 2.23. The molecule has 0 aliphatic rings. The van der Waals surface area contributed by atoms with E-state index in [4.69, 9.17) is 4.74 Å². The molecule has 0 atom stereocenters. The van der Waals surface area contributed by atoms with Crippen molar-refractivity contribution in [2.45, 2.75) is 18.4 Å². The van der Waals surface area contributed by atoms with E-state index in [1.165, 1.54) is 4.90 Å². The molecule has 5 nitrogen and oxygen atoms in total. The van der Waals surface area contributed by atoms with Gasteiger partial charge in [-0.2, -0.15) is 4.98 Å². The van der Waals surface area contributed by atoms with Crippen molar-refractivity contribution in [3.8, 4) is 23.0 Å². The number of carbonyl (C=O) groups is 1. The molecule has 3 aromatic carbocycles. The summed E-state index contributed by atoms with van der Waals surface area (Å²) in [5.74, 6) is 1.39. The lowest BCUT2D eigenvalue weighted by atomic mass is 10.1. The maximum atomic E-state index is 12.6. The number of aromatic nitrogens is 2. The van der Waals surface area contributed by atoms with E-state index in [9.17, 15) is 4.79 Å². The number of hydrogen-bond acceptors (Lipinski definition) is 5. The van der Waals surface area contributed by atoms with Gasteiger partial charge in [0.1, 0.15) is 5.75 Å². The van der Waals surface area contributed by atoms with Crippen LogP contribution in [0.15, 0.2) is 90.0 Å². The minimum Gasteiger partial charge on any atom is -0.439 e. The number of rotatable bonds is 7. The monoisotopic (exact) mass is 441 g/mol. The van der Waals surface area contributed by atoms with Crippen LogP contribution in [0.3, 0.4) is 0 Å². The summed E-state index contributed by atoms with van der Waals surface area (Å²) in [5.41, 5.74) is 3.63. The third kappa shape index (κ3) is 5.53. The normalized spacial score (nSPS) is 10.6. The van der Waals surface area contributed by atoms with Gasteiger partial charge in [0.2, 0.25) is 5.88 Å². The highest BCUT2D eigenvalue weighted by Gasteiger charge is 2.09. The van der Waals surface area contributed by atoms with Crippen molar-refractivity contribution in [2.24, 2.45) is 0 Å². The van der Waals surface area contributed by atoms with Crippen molar-refractivity contribution in [3.63, 3.8) is 0 Å². The Morgan fingerprint density at radius 3 is 2.59 bits per heavy atom. The molecule has 0 spiro atoms. The Morgan fingerprint density at radius 2 is 1.81 bits per heavy atom. The summed E-state index contributed by atoms with van der Waals surface area (Å²) in [6.07, 6.45) is 3.70. The molecule has 32 heavy (non-hydrogen) atoms. The molecule has 4 rings (SSSR count). The average molecular weight is 442 g/mol. The number of carbonyl (C=O) groups excluding carboxylic acids is 1. The van der Waals surface area contributed by atoms with Crippen molar-refractivity contribution < 1.29 is 9.53 Å². The van der Waals surface area contributed by atoms with Gasteiger partial charge in [-0.05, 0) is 55.1 Å². The van der Waals surface area contributed by atoms with Gasteiger partial charge in [0.15, 0.2) is 5.82 Å². The van der Waals surface area contributed by atoms with Gasteiger partial charge >= 0.3 is 0 Å². The van der Waals surface area contributed by atoms with Gasteiger partial charge in [-0.25, -0.2) is 4.98 Å². The highest BCUT2D eigenvalue weighted by atomic mass is 32.2. The summed E-state index contributed by atoms with van der Waals surface area (Å²) in [6.45, 7) is 2.49. The van der Waals surface area contributed by atoms with Gasteiger partial charge in [0, 0.05) is 34.8 Å².